The summed E-state index contributed by atoms with van der Waals surface area (Å²) in [4.78, 5) is 26.2. The van der Waals surface area contributed by atoms with Crippen LogP contribution in [0.5, 0.6) is 11.5 Å². The Morgan fingerprint density at radius 2 is 1.87 bits per heavy atom. The van der Waals surface area contributed by atoms with E-state index < -0.39 is 11.9 Å². The maximum Gasteiger partial charge on any atom is 0.339 e. The molecule has 1 aromatic carbocycles. The van der Waals surface area contributed by atoms with E-state index in [1.807, 2.05) is 0 Å². The maximum atomic E-state index is 11.4. The molecule has 23 heavy (non-hydrogen) atoms. The summed E-state index contributed by atoms with van der Waals surface area (Å²) >= 11 is 0. The van der Waals surface area contributed by atoms with Gasteiger partial charge in [0.2, 0.25) is 0 Å². The number of anilines is 1. The van der Waals surface area contributed by atoms with Crippen LogP contribution in [0.2, 0.25) is 0 Å². The van der Waals surface area contributed by atoms with Crippen LogP contribution in [0.1, 0.15) is 16.8 Å². The lowest BCUT2D eigenvalue weighted by molar-refractivity contribution is -0.136. The number of carboxylic acids is 2. The molecule has 0 saturated heterocycles. The predicted octanol–water partition coefficient (Wildman–Crippen LogP) is 1.59. The first-order valence-electron chi connectivity index (χ1n) is 6.97. The fourth-order valence-corrected chi connectivity index (χ4v) is 2.38. The monoisotopic (exact) mass is 318 g/mol. The van der Waals surface area contributed by atoms with Crippen LogP contribution >= 0.6 is 0 Å². The molecule has 3 rings (SSSR count). The number of aromatic carboxylic acids is 1. The van der Waals surface area contributed by atoms with Crippen molar-refractivity contribution in [1.82, 2.24) is 4.98 Å². The van der Waals surface area contributed by atoms with Gasteiger partial charge in [-0.3, -0.25) is 9.78 Å². The summed E-state index contributed by atoms with van der Waals surface area (Å²) in [7, 11) is 0. The van der Waals surface area contributed by atoms with Crippen LogP contribution in [0.15, 0.2) is 18.3 Å². The predicted molar refractivity (Wildman–Crippen MR) is 80.4 cm³/mol. The molecule has 0 bridgehead atoms. The van der Waals surface area contributed by atoms with Gasteiger partial charge in [0.25, 0.3) is 0 Å². The first kappa shape index (κ1) is 14.9. The number of pyridine rings is 1. The second kappa shape index (κ2) is 5.99. The molecular weight excluding hydrogens is 304 g/mol. The van der Waals surface area contributed by atoms with Crippen molar-refractivity contribution in [3.63, 3.8) is 0 Å². The molecule has 1 aliphatic heterocycles. The minimum absolute atomic E-state index is 0.0282. The first-order valence-corrected chi connectivity index (χ1v) is 6.97. The minimum atomic E-state index is -1.15. The van der Waals surface area contributed by atoms with Gasteiger partial charge in [0.1, 0.15) is 18.8 Å². The maximum absolute atomic E-state index is 11.4. The number of fused-ring (bicyclic) bond motifs is 2. The molecule has 0 fully saturated rings. The number of nitrogens with zero attached hydrogens (tertiary/aromatic N) is 1. The average molecular weight is 318 g/mol. The lowest BCUT2D eigenvalue weighted by atomic mass is 10.1. The van der Waals surface area contributed by atoms with Gasteiger partial charge in [0, 0.05) is 24.2 Å². The highest BCUT2D eigenvalue weighted by molar-refractivity contribution is 6.05. The van der Waals surface area contributed by atoms with E-state index in [1.54, 1.807) is 12.1 Å². The van der Waals surface area contributed by atoms with Gasteiger partial charge in [0.05, 0.1) is 17.6 Å². The van der Waals surface area contributed by atoms with Gasteiger partial charge in [-0.25, -0.2) is 4.79 Å². The van der Waals surface area contributed by atoms with Gasteiger partial charge in [-0.1, -0.05) is 0 Å². The summed E-state index contributed by atoms with van der Waals surface area (Å²) < 4.78 is 11.0. The zero-order valence-corrected chi connectivity index (χ0v) is 12.0. The average Bonchev–Trinajstić information content (AvgIpc) is 2.52. The van der Waals surface area contributed by atoms with Gasteiger partial charge >= 0.3 is 11.9 Å². The summed E-state index contributed by atoms with van der Waals surface area (Å²) in [5.74, 6) is -1.06. The van der Waals surface area contributed by atoms with Crippen LogP contribution in [0.4, 0.5) is 5.69 Å². The van der Waals surface area contributed by atoms with E-state index in [-0.39, 0.29) is 18.5 Å². The lowest BCUT2D eigenvalue weighted by Gasteiger charge is -2.20. The van der Waals surface area contributed by atoms with E-state index in [4.69, 9.17) is 14.6 Å². The van der Waals surface area contributed by atoms with Crippen LogP contribution in [0.25, 0.3) is 10.9 Å². The number of rotatable bonds is 5. The Morgan fingerprint density at radius 1 is 1.17 bits per heavy atom. The summed E-state index contributed by atoms with van der Waals surface area (Å²) in [6, 6.07) is 3.34. The van der Waals surface area contributed by atoms with Gasteiger partial charge in [-0.15, -0.1) is 0 Å². The van der Waals surface area contributed by atoms with Crippen LogP contribution < -0.4 is 14.8 Å². The van der Waals surface area contributed by atoms with Crippen LogP contribution in [-0.2, 0) is 4.79 Å². The Balaban J connectivity index is 2.09. The SMILES string of the molecule is O=C(O)CCNc1c(C(=O)O)cnc2cc3c(cc12)OCCO3. The molecule has 0 unspecified atom stereocenters. The first-order chi connectivity index (χ1) is 11.1. The Kier molecular flexibility index (Phi) is 3.88. The summed E-state index contributed by atoms with van der Waals surface area (Å²) in [6.45, 7) is 0.949. The molecule has 0 aliphatic carbocycles. The van der Waals surface area contributed by atoms with E-state index in [2.05, 4.69) is 10.3 Å². The number of carboxylic acid groups (broad SMARTS) is 2. The fourth-order valence-electron chi connectivity index (χ4n) is 2.38. The van der Waals surface area contributed by atoms with Gasteiger partial charge in [-0.2, -0.15) is 0 Å². The Hall–Kier alpha value is -3.03. The number of aliphatic carboxylic acids is 1. The number of hydrogen-bond donors (Lipinski definition) is 3. The molecule has 0 amide bonds. The Labute approximate surface area is 130 Å². The van der Waals surface area contributed by atoms with Crippen LogP contribution in [0, 0.1) is 0 Å². The number of nitrogens with one attached hydrogen (secondary N) is 1. The van der Waals surface area contributed by atoms with Gasteiger partial charge in [0.15, 0.2) is 11.5 Å². The molecule has 1 aromatic heterocycles. The third-order valence-corrected chi connectivity index (χ3v) is 3.40. The molecular formula is C15H14N2O6. The third-order valence-electron chi connectivity index (χ3n) is 3.40. The highest BCUT2D eigenvalue weighted by Gasteiger charge is 2.19. The fraction of sp³-hybridized carbons (Fsp3) is 0.267. The van der Waals surface area contributed by atoms with Gasteiger partial charge < -0.3 is 25.0 Å². The zero-order chi connectivity index (χ0) is 16.4. The molecule has 0 atom stereocenters. The van der Waals surface area contributed by atoms with Crippen molar-refractivity contribution in [2.75, 3.05) is 25.1 Å². The number of carbonyl (C=O) groups is 2. The molecule has 0 spiro atoms. The van der Waals surface area contributed by atoms with Crippen molar-refractivity contribution in [1.29, 1.82) is 0 Å². The molecule has 0 radical (unpaired) electrons. The van der Waals surface area contributed by atoms with E-state index in [0.717, 1.165) is 0 Å². The van der Waals surface area contributed by atoms with E-state index in [9.17, 15) is 14.7 Å². The number of hydrogen-bond acceptors (Lipinski definition) is 6. The summed E-state index contributed by atoms with van der Waals surface area (Å²) in [5.41, 5.74) is 0.831. The van der Waals surface area contributed by atoms with E-state index >= 15 is 0 Å². The third kappa shape index (κ3) is 2.96. The van der Waals surface area contributed by atoms with Crippen LogP contribution in [-0.4, -0.2) is 46.9 Å². The number of benzene rings is 1. The van der Waals surface area contributed by atoms with Crippen molar-refractivity contribution >= 4 is 28.5 Å². The topological polar surface area (TPSA) is 118 Å². The van der Waals surface area contributed by atoms with Crippen molar-refractivity contribution in [3.8, 4) is 11.5 Å². The minimum Gasteiger partial charge on any atom is -0.486 e. The molecule has 1 aliphatic rings. The highest BCUT2D eigenvalue weighted by atomic mass is 16.6. The molecule has 8 nitrogen and oxygen atoms in total. The largest absolute Gasteiger partial charge is 0.486 e. The second-order valence-electron chi connectivity index (χ2n) is 4.94. The quantitative estimate of drug-likeness (QED) is 0.760. The highest BCUT2D eigenvalue weighted by Crippen LogP contribution is 2.37. The molecule has 0 saturated carbocycles. The molecule has 2 aromatic rings. The zero-order valence-electron chi connectivity index (χ0n) is 12.0. The second-order valence-corrected chi connectivity index (χ2v) is 4.94. The van der Waals surface area contributed by atoms with E-state index in [1.165, 1.54) is 6.20 Å². The Morgan fingerprint density at radius 3 is 2.52 bits per heavy atom. The Bertz CT molecular complexity index is 789. The smallest absolute Gasteiger partial charge is 0.339 e. The molecule has 2 heterocycles. The number of ether oxygens (including phenoxy) is 2. The molecule has 8 heteroatoms. The molecule has 120 valence electrons. The summed E-state index contributed by atoms with van der Waals surface area (Å²) in [5, 5.41) is 21.5. The van der Waals surface area contributed by atoms with Crippen molar-refractivity contribution in [2.24, 2.45) is 0 Å². The molecule has 3 N–H and O–H groups in total. The van der Waals surface area contributed by atoms with Crippen LogP contribution in [0.3, 0.4) is 0 Å². The van der Waals surface area contributed by atoms with Crippen molar-refractivity contribution in [3.05, 3.63) is 23.9 Å². The van der Waals surface area contributed by atoms with Gasteiger partial charge in [-0.05, 0) is 6.07 Å². The summed E-state index contributed by atoms with van der Waals surface area (Å²) in [6.07, 6.45) is 1.11. The van der Waals surface area contributed by atoms with Crippen molar-refractivity contribution in [2.45, 2.75) is 6.42 Å². The van der Waals surface area contributed by atoms with E-state index in [0.29, 0.717) is 41.3 Å². The standard InChI is InChI=1S/C15H14N2O6/c18-13(19)1-2-16-14-8-5-11-12(23-4-3-22-11)6-10(8)17-7-9(14)15(20)21/h5-7H,1-4H2,(H,16,17)(H,18,19)(H,20,21). The normalized spacial score (nSPS) is 12.9. The number of aromatic nitrogens is 1. The van der Waals surface area contributed by atoms with Crippen molar-refractivity contribution < 1.29 is 29.3 Å². The lowest BCUT2D eigenvalue weighted by Crippen LogP contribution is -2.16.